The predicted octanol–water partition coefficient (Wildman–Crippen LogP) is 2.16. The summed E-state index contributed by atoms with van der Waals surface area (Å²) in [5.74, 6) is 1.93. The highest BCUT2D eigenvalue weighted by molar-refractivity contribution is 4.72. The van der Waals surface area contributed by atoms with Crippen LogP contribution in [0, 0.1) is 11.8 Å². The predicted molar refractivity (Wildman–Crippen MR) is 65.0 cm³/mol. The fraction of sp³-hybridized carbons (Fsp3) is 1.00. The van der Waals surface area contributed by atoms with Crippen molar-refractivity contribution < 1.29 is 0 Å². The summed E-state index contributed by atoms with van der Waals surface area (Å²) in [4.78, 5) is 0. The molecule has 0 bridgehead atoms. The molecule has 2 heteroatoms. The summed E-state index contributed by atoms with van der Waals surface area (Å²) in [6.07, 6.45) is 10.1. The van der Waals surface area contributed by atoms with Gasteiger partial charge in [0, 0.05) is 0 Å². The molecule has 0 aromatic rings. The van der Waals surface area contributed by atoms with Gasteiger partial charge in [0.05, 0.1) is 0 Å². The van der Waals surface area contributed by atoms with E-state index in [0.29, 0.717) is 0 Å². The summed E-state index contributed by atoms with van der Waals surface area (Å²) >= 11 is 0. The van der Waals surface area contributed by atoms with E-state index in [9.17, 15) is 0 Å². The third kappa shape index (κ3) is 4.12. The summed E-state index contributed by atoms with van der Waals surface area (Å²) in [6.45, 7) is 5.01. The van der Waals surface area contributed by atoms with Gasteiger partial charge in [-0.15, -0.1) is 0 Å². The zero-order valence-corrected chi connectivity index (χ0v) is 9.93. The van der Waals surface area contributed by atoms with Crippen LogP contribution < -0.4 is 10.6 Å². The van der Waals surface area contributed by atoms with E-state index < -0.39 is 0 Å². The van der Waals surface area contributed by atoms with Crippen LogP contribution in [-0.4, -0.2) is 26.2 Å². The lowest BCUT2D eigenvalue weighted by molar-refractivity contribution is 0.347. The second kappa shape index (κ2) is 6.49. The molecule has 0 spiro atoms. The molecule has 2 aliphatic rings. The molecule has 1 heterocycles. The molecule has 0 radical (unpaired) electrons. The molecular formula is C13H26N2. The molecule has 1 aliphatic heterocycles. The number of piperidine rings is 1. The van der Waals surface area contributed by atoms with E-state index in [0.717, 1.165) is 11.8 Å². The number of hydrogen-bond acceptors (Lipinski definition) is 2. The van der Waals surface area contributed by atoms with E-state index in [1.807, 2.05) is 0 Å². The fourth-order valence-electron chi connectivity index (χ4n) is 3.00. The second-order valence-electron chi connectivity index (χ2n) is 5.36. The van der Waals surface area contributed by atoms with Crippen molar-refractivity contribution in [2.75, 3.05) is 26.2 Å². The molecule has 0 aromatic heterocycles. The van der Waals surface area contributed by atoms with Crippen molar-refractivity contribution in [3.63, 3.8) is 0 Å². The molecule has 0 amide bonds. The largest absolute Gasteiger partial charge is 0.316 e. The number of nitrogens with one attached hydrogen (secondary N) is 2. The zero-order chi connectivity index (χ0) is 10.3. The molecule has 2 nitrogen and oxygen atoms in total. The minimum Gasteiger partial charge on any atom is -0.316 e. The highest BCUT2D eigenvalue weighted by atomic mass is 14.9. The van der Waals surface area contributed by atoms with Gasteiger partial charge in [0.15, 0.2) is 0 Å². The summed E-state index contributed by atoms with van der Waals surface area (Å²) < 4.78 is 0. The Bertz CT molecular complexity index is 158. The molecular weight excluding hydrogens is 184 g/mol. The summed E-state index contributed by atoms with van der Waals surface area (Å²) in [6, 6.07) is 0. The molecule has 1 aliphatic carbocycles. The van der Waals surface area contributed by atoms with Crippen LogP contribution in [0.4, 0.5) is 0 Å². The van der Waals surface area contributed by atoms with Crippen LogP contribution in [-0.2, 0) is 0 Å². The van der Waals surface area contributed by atoms with E-state index in [1.54, 1.807) is 0 Å². The van der Waals surface area contributed by atoms with Gasteiger partial charge in [-0.1, -0.05) is 12.8 Å². The van der Waals surface area contributed by atoms with Gasteiger partial charge in [-0.05, 0) is 70.1 Å². The minimum absolute atomic E-state index is 0.940. The molecule has 15 heavy (non-hydrogen) atoms. The average molecular weight is 210 g/mol. The topological polar surface area (TPSA) is 24.1 Å². The van der Waals surface area contributed by atoms with E-state index in [1.165, 1.54) is 71.1 Å². The third-order valence-corrected chi connectivity index (χ3v) is 4.04. The summed E-state index contributed by atoms with van der Waals surface area (Å²) in [5, 5.41) is 7.14. The van der Waals surface area contributed by atoms with Crippen molar-refractivity contribution >= 4 is 0 Å². The van der Waals surface area contributed by atoms with Gasteiger partial charge >= 0.3 is 0 Å². The van der Waals surface area contributed by atoms with Crippen molar-refractivity contribution in [3.8, 4) is 0 Å². The lowest BCUT2D eigenvalue weighted by Gasteiger charge is -2.23. The Hall–Kier alpha value is -0.0800. The first-order valence-electron chi connectivity index (χ1n) is 6.86. The van der Waals surface area contributed by atoms with Crippen LogP contribution in [0.1, 0.15) is 44.9 Å². The van der Waals surface area contributed by atoms with Crippen LogP contribution in [0.15, 0.2) is 0 Å². The maximum Gasteiger partial charge on any atom is -0.00200 e. The average Bonchev–Trinajstić information content (AvgIpc) is 2.79. The highest BCUT2D eigenvalue weighted by Crippen LogP contribution is 2.23. The Morgan fingerprint density at radius 1 is 1.00 bits per heavy atom. The minimum atomic E-state index is 0.940. The van der Waals surface area contributed by atoms with Crippen LogP contribution in [0.3, 0.4) is 0 Å². The van der Waals surface area contributed by atoms with E-state index in [2.05, 4.69) is 10.6 Å². The van der Waals surface area contributed by atoms with E-state index in [-0.39, 0.29) is 0 Å². The maximum absolute atomic E-state index is 3.65. The third-order valence-electron chi connectivity index (χ3n) is 4.04. The standard InChI is InChI=1S/C13H26N2/c1-2-5-12(4-1)10-15-9-7-13-6-3-8-14-11-13/h12-15H,1-11H2. The van der Waals surface area contributed by atoms with Crippen molar-refractivity contribution in [2.24, 2.45) is 11.8 Å². The molecule has 2 fully saturated rings. The summed E-state index contributed by atoms with van der Waals surface area (Å²) in [7, 11) is 0. The van der Waals surface area contributed by atoms with Gasteiger partial charge in [0.25, 0.3) is 0 Å². The normalized spacial score (nSPS) is 28.4. The summed E-state index contributed by atoms with van der Waals surface area (Å²) in [5.41, 5.74) is 0. The smallest absolute Gasteiger partial charge is 0.00200 e. The van der Waals surface area contributed by atoms with Crippen molar-refractivity contribution in [3.05, 3.63) is 0 Å². The first kappa shape index (κ1) is 11.4. The van der Waals surface area contributed by atoms with Crippen LogP contribution in [0.5, 0.6) is 0 Å². The number of rotatable bonds is 5. The van der Waals surface area contributed by atoms with Gasteiger partial charge in [0.1, 0.15) is 0 Å². The molecule has 1 saturated heterocycles. The lowest BCUT2D eigenvalue weighted by Crippen LogP contribution is -2.32. The van der Waals surface area contributed by atoms with Gasteiger partial charge in [-0.25, -0.2) is 0 Å². The van der Waals surface area contributed by atoms with E-state index >= 15 is 0 Å². The number of hydrogen-bond donors (Lipinski definition) is 2. The van der Waals surface area contributed by atoms with Gasteiger partial charge in [-0.3, -0.25) is 0 Å². The molecule has 2 N–H and O–H groups in total. The van der Waals surface area contributed by atoms with Crippen molar-refractivity contribution in [2.45, 2.75) is 44.9 Å². The van der Waals surface area contributed by atoms with Crippen LogP contribution >= 0.6 is 0 Å². The van der Waals surface area contributed by atoms with Gasteiger partial charge < -0.3 is 10.6 Å². The Labute approximate surface area is 94.2 Å². The second-order valence-corrected chi connectivity index (χ2v) is 5.36. The molecule has 0 aromatic carbocycles. The quantitative estimate of drug-likeness (QED) is 0.680. The molecule has 88 valence electrons. The van der Waals surface area contributed by atoms with Gasteiger partial charge in [-0.2, -0.15) is 0 Å². The SMILES string of the molecule is C1CCC(CNCCC2CCCNC2)C1. The fourth-order valence-corrected chi connectivity index (χ4v) is 3.00. The monoisotopic (exact) mass is 210 g/mol. The van der Waals surface area contributed by atoms with E-state index in [4.69, 9.17) is 0 Å². The maximum atomic E-state index is 3.65. The molecule has 1 atom stereocenters. The molecule has 1 saturated carbocycles. The Morgan fingerprint density at radius 2 is 1.80 bits per heavy atom. The lowest BCUT2D eigenvalue weighted by atomic mass is 9.96. The Morgan fingerprint density at radius 3 is 2.53 bits per heavy atom. The molecule has 1 unspecified atom stereocenters. The zero-order valence-electron chi connectivity index (χ0n) is 9.93. The Kier molecular flexibility index (Phi) is 4.94. The molecule has 2 rings (SSSR count). The van der Waals surface area contributed by atoms with Crippen LogP contribution in [0.2, 0.25) is 0 Å². The van der Waals surface area contributed by atoms with Crippen molar-refractivity contribution in [1.82, 2.24) is 10.6 Å². The first-order valence-corrected chi connectivity index (χ1v) is 6.86. The van der Waals surface area contributed by atoms with Crippen molar-refractivity contribution in [1.29, 1.82) is 0 Å². The van der Waals surface area contributed by atoms with Crippen LogP contribution in [0.25, 0.3) is 0 Å². The highest BCUT2D eigenvalue weighted by Gasteiger charge is 2.15. The first-order chi connectivity index (χ1) is 7.45. The van der Waals surface area contributed by atoms with Gasteiger partial charge in [0.2, 0.25) is 0 Å². The Balaban J connectivity index is 1.47.